The molecule has 0 radical (unpaired) electrons. The average Bonchev–Trinajstić information content (AvgIpc) is 2.36. The van der Waals surface area contributed by atoms with Gasteiger partial charge in [0, 0.05) is 18.9 Å². The van der Waals surface area contributed by atoms with Crippen molar-refractivity contribution >= 4 is 23.0 Å². The standard InChI is InChI=1S/C15H15NO5/c1-15(2)7-11(17)13(12(18)8-15)14(19)9-5-3-4-6-10(9)16(20)21/h3-6,13H,7-8H2,1-2H3. The van der Waals surface area contributed by atoms with Crippen LogP contribution in [0.15, 0.2) is 24.3 Å². The molecular weight excluding hydrogens is 274 g/mol. The molecule has 6 nitrogen and oxygen atoms in total. The van der Waals surface area contributed by atoms with Crippen LogP contribution in [0.3, 0.4) is 0 Å². The Hall–Kier alpha value is -2.37. The number of rotatable bonds is 3. The van der Waals surface area contributed by atoms with Gasteiger partial charge in [0.05, 0.1) is 10.5 Å². The number of carbonyl (C=O) groups is 3. The Morgan fingerprint density at radius 3 is 2.24 bits per heavy atom. The summed E-state index contributed by atoms with van der Waals surface area (Å²) in [6, 6.07) is 5.38. The summed E-state index contributed by atoms with van der Waals surface area (Å²) in [7, 11) is 0. The van der Waals surface area contributed by atoms with E-state index < -0.39 is 33.6 Å². The number of carbonyl (C=O) groups excluding carboxylic acids is 3. The summed E-state index contributed by atoms with van der Waals surface area (Å²) in [6.07, 6.45) is 0.242. The van der Waals surface area contributed by atoms with Gasteiger partial charge in [0.15, 0.2) is 17.3 Å². The van der Waals surface area contributed by atoms with Crippen LogP contribution in [0.1, 0.15) is 37.0 Å². The Morgan fingerprint density at radius 2 is 1.71 bits per heavy atom. The van der Waals surface area contributed by atoms with Gasteiger partial charge in [-0.1, -0.05) is 26.0 Å². The minimum atomic E-state index is -1.40. The summed E-state index contributed by atoms with van der Waals surface area (Å²) in [6.45, 7) is 3.57. The lowest BCUT2D eigenvalue weighted by Crippen LogP contribution is -2.42. The van der Waals surface area contributed by atoms with E-state index in [9.17, 15) is 24.5 Å². The van der Waals surface area contributed by atoms with Crippen LogP contribution in [0.2, 0.25) is 0 Å². The van der Waals surface area contributed by atoms with E-state index in [1.165, 1.54) is 24.3 Å². The van der Waals surface area contributed by atoms with Crippen molar-refractivity contribution in [3.05, 3.63) is 39.9 Å². The molecule has 1 fully saturated rings. The number of hydrogen-bond donors (Lipinski definition) is 0. The molecule has 1 saturated carbocycles. The summed E-state index contributed by atoms with van der Waals surface area (Å²) in [4.78, 5) is 46.9. The lowest BCUT2D eigenvalue weighted by molar-refractivity contribution is -0.385. The summed E-state index contributed by atoms with van der Waals surface area (Å²) in [5.41, 5.74) is -1.03. The van der Waals surface area contributed by atoms with Crippen LogP contribution >= 0.6 is 0 Å². The lowest BCUT2D eigenvalue weighted by atomic mass is 9.69. The Balaban J connectivity index is 2.39. The third-order valence-corrected chi connectivity index (χ3v) is 3.58. The van der Waals surface area contributed by atoms with Crippen molar-refractivity contribution in [2.75, 3.05) is 0 Å². The van der Waals surface area contributed by atoms with E-state index >= 15 is 0 Å². The van der Waals surface area contributed by atoms with Crippen molar-refractivity contribution in [1.82, 2.24) is 0 Å². The number of ketones is 3. The van der Waals surface area contributed by atoms with Gasteiger partial charge in [-0.05, 0) is 11.5 Å². The van der Waals surface area contributed by atoms with Gasteiger partial charge in [0.2, 0.25) is 0 Å². The second-order valence-corrected chi connectivity index (χ2v) is 6.02. The number of benzene rings is 1. The smallest absolute Gasteiger partial charge is 0.280 e. The molecule has 0 aromatic heterocycles. The maximum Gasteiger partial charge on any atom is 0.280 e. The molecule has 0 spiro atoms. The second kappa shape index (κ2) is 5.20. The number of hydrogen-bond acceptors (Lipinski definition) is 5. The molecule has 0 unspecified atom stereocenters. The SMILES string of the molecule is CC1(C)CC(=O)C(C(=O)c2ccccc2[N+](=O)[O-])C(=O)C1. The molecule has 1 aliphatic rings. The summed E-state index contributed by atoms with van der Waals surface area (Å²) in [5, 5.41) is 11.0. The predicted molar refractivity (Wildman–Crippen MR) is 73.9 cm³/mol. The van der Waals surface area contributed by atoms with Crippen molar-refractivity contribution in [3.63, 3.8) is 0 Å². The van der Waals surface area contributed by atoms with Crippen molar-refractivity contribution in [2.24, 2.45) is 11.3 Å². The fourth-order valence-corrected chi connectivity index (χ4v) is 2.68. The van der Waals surface area contributed by atoms with E-state index in [1.807, 2.05) is 0 Å². The van der Waals surface area contributed by atoms with Crippen LogP contribution in [0.25, 0.3) is 0 Å². The topological polar surface area (TPSA) is 94.3 Å². The highest BCUT2D eigenvalue weighted by Crippen LogP contribution is 2.36. The Morgan fingerprint density at radius 1 is 1.19 bits per heavy atom. The number of nitro benzene ring substituents is 1. The van der Waals surface area contributed by atoms with Crippen molar-refractivity contribution in [2.45, 2.75) is 26.7 Å². The fourth-order valence-electron chi connectivity index (χ4n) is 2.68. The van der Waals surface area contributed by atoms with Gasteiger partial charge in [-0.3, -0.25) is 24.5 Å². The molecule has 0 atom stereocenters. The maximum atomic E-state index is 12.4. The summed E-state index contributed by atoms with van der Waals surface area (Å²) >= 11 is 0. The largest absolute Gasteiger partial charge is 0.298 e. The lowest BCUT2D eigenvalue weighted by Gasteiger charge is -2.31. The van der Waals surface area contributed by atoms with Gasteiger partial charge in [-0.15, -0.1) is 0 Å². The zero-order valence-corrected chi connectivity index (χ0v) is 11.8. The number of nitrogens with zero attached hydrogens (tertiary/aromatic N) is 1. The predicted octanol–water partition coefficient (Wildman–Crippen LogP) is 2.35. The van der Waals surface area contributed by atoms with E-state index in [0.717, 1.165) is 0 Å². The van der Waals surface area contributed by atoms with E-state index in [4.69, 9.17) is 0 Å². The quantitative estimate of drug-likeness (QED) is 0.368. The van der Waals surface area contributed by atoms with E-state index in [0.29, 0.717) is 0 Å². The maximum absolute atomic E-state index is 12.4. The molecule has 0 aliphatic heterocycles. The first kappa shape index (κ1) is 15.0. The average molecular weight is 289 g/mol. The first-order valence-electron chi connectivity index (χ1n) is 6.56. The van der Waals surface area contributed by atoms with Crippen LogP contribution in [0.5, 0.6) is 0 Å². The third kappa shape index (κ3) is 2.89. The van der Waals surface area contributed by atoms with E-state index in [2.05, 4.69) is 0 Å². The van der Waals surface area contributed by atoms with E-state index in [-0.39, 0.29) is 24.1 Å². The van der Waals surface area contributed by atoms with Crippen molar-refractivity contribution in [1.29, 1.82) is 0 Å². The zero-order chi connectivity index (χ0) is 15.8. The zero-order valence-electron chi connectivity index (χ0n) is 11.8. The van der Waals surface area contributed by atoms with Crippen LogP contribution in [-0.4, -0.2) is 22.3 Å². The number of para-hydroxylation sites is 1. The summed E-state index contributed by atoms with van der Waals surface area (Å²) in [5.74, 6) is -3.09. The molecule has 1 aliphatic carbocycles. The van der Waals surface area contributed by atoms with Crippen LogP contribution in [0.4, 0.5) is 5.69 Å². The highest BCUT2D eigenvalue weighted by atomic mass is 16.6. The van der Waals surface area contributed by atoms with Gasteiger partial charge in [0.25, 0.3) is 5.69 Å². The highest BCUT2D eigenvalue weighted by molar-refractivity contribution is 6.26. The van der Waals surface area contributed by atoms with Gasteiger partial charge in [-0.25, -0.2) is 0 Å². The van der Waals surface area contributed by atoms with E-state index in [1.54, 1.807) is 13.8 Å². The molecule has 110 valence electrons. The molecule has 0 N–H and O–H groups in total. The molecule has 2 rings (SSSR count). The first-order valence-corrected chi connectivity index (χ1v) is 6.56. The molecule has 1 aromatic carbocycles. The first-order chi connectivity index (χ1) is 9.73. The Bertz CT molecular complexity index is 627. The van der Waals surface area contributed by atoms with Crippen LogP contribution in [-0.2, 0) is 9.59 Å². The van der Waals surface area contributed by atoms with Gasteiger partial charge in [-0.2, -0.15) is 0 Å². The monoisotopic (exact) mass is 289 g/mol. The van der Waals surface area contributed by atoms with Crippen LogP contribution < -0.4 is 0 Å². The molecule has 21 heavy (non-hydrogen) atoms. The minimum Gasteiger partial charge on any atom is -0.298 e. The van der Waals surface area contributed by atoms with Gasteiger partial charge < -0.3 is 0 Å². The van der Waals surface area contributed by atoms with Crippen LogP contribution in [0, 0.1) is 21.4 Å². The van der Waals surface area contributed by atoms with Gasteiger partial charge >= 0.3 is 0 Å². The molecule has 1 aromatic rings. The Kier molecular flexibility index (Phi) is 3.72. The number of Topliss-reactive ketones (excluding diaryl/α,β-unsaturated/α-hetero) is 3. The third-order valence-electron chi connectivity index (χ3n) is 3.58. The fraction of sp³-hybridized carbons (Fsp3) is 0.400. The second-order valence-electron chi connectivity index (χ2n) is 6.02. The summed E-state index contributed by atoms with van der Waals surface area (Å²) < 4.78 is 0. The molecule has 6 heteroatoms. The molecule has 0 bridgehead atoms. The van der Waals surface area contributed by atoms with Gasteiger partial charge in [0.1, 0.15) is 5.92 Å². The number of nitro groups is 1. The molecular formula is C15H15NO5. The molecule has 0 heterocycles. The Labute approximate surface area is 121 Å². The molecule has 0 amide bonds. The highest BCUT2D eigenvalue weighted by Gasteiger charge is 2.44. The van der Waals surface area contributed by atoms with Crippen molar-refractivity contribution < 1.29 is 19.3 Å². The normalized spacial score (nSPS) is 18.6. The van der Waals surface area contributed by atoms with Crippen molar-refractivity contribution in [3.8, 4) is 0 Å². The molecule has 0 saturated heterocycles. The minimum absolute atomic E-state index is 0.121.